The van der Waals surface area contributed by atoms with Crippen LogP contribution in [-0.2, 0) is 13.1 Å². The Kier molecular flexibility index (Phi) is 23.7. The van der Waals surface area contributed by atoms with Gasteiger partial charge in [-0.05, 0) is 62.5 Å². The molecule has 2 aliphatic heterocycles. The molecule has 6 nitrogen and oxygen atoms in total. The molecule has 4 heterocycles. The standard InChI is InChI=1S/C42H68N4O2.2HI/c1-3-5-7-9-11-13-15-17-27-43-29-19-21-39(35-43)41(47)45-31-23-37(24-32-45)38-25-33-46(34-26-38)42(48)40-22-20-30-44(36-40)28-18-16-14-12-10-8-6-4-2;;/h19-22,29-30,35-38H,3-18,23-28,31-34H2,1-2H3;2*1H/q+2;;/p-2. The van der Waals surface area contributed by atoms with E-state index >= 15 is 0 Å². The molecular weight excluding hydrogens is 846 g/mol. The summed E-state index contributed by atoms with van der Waals surface area (Å²) in [6.45, 7) is 9.90. The number of hydrogen-bond donors (Lipinski definition) is 0. The molecule has 282 valence electrons. The maximum absolute atomic E-state index is 13.4. The number of nitrogens with zero attached hydrogens (tertiary/aromatic N) is 4. The molecule has 0 bridgehead atoms. The maximum Gasteiger partial charge on any atom is 0.259 e. The highest BCUT2D eigenvalue weighted by Crippen LogP contribution is 2.33. The van der Waals surface area contributed by atoms with Gasteiger partial charge in [0.25, 0.3) is 11.8 Å². The molecule has 0 aromatic carbocycles. The molecule has 0 N–H and O–H groups in total. The van der Waals surface area contributed by atoms with Gasteiger partial charge >= 0.3 is 0 Å². The van der Waals surface area contributed by atoms with Crippen LogP contribution in [0.1, 0.15) is 163 Å². The van der Waals surface area contributed by atoms with Gasteiger partial charge in [0.2, 0.25) is 0 Å². The van der Waals surface area contributed by atoms with Crippen molar-refractivity contribution in [3.63, 3.8) is 0 Å². The number of amides is 2. The van der Waals surface area contributed by atoms with Crippen LogP contribution in [-0.4, -0.2) is 47.8 Å². The molecule has 0 aliphatic carbocycles. The minimum absolute atomic E-state index is 0. The second-order valence-electron chi connectivity index (χ2n) is 14.9. The summed E-state index contributed by atoms with van der Waals surface area (Å²) in [5.74, 6) is 1.67. The number of carbonyl (C=O) groups is 2. The molecule has 0 atom stereocenters. The minimum atomic E-state index is 0. The van der Waals surface area contributed by atoms with Crippen molar-refractivity contribution in [3.8, 4) is 0 Å². The Morgan fingerprint density at radius 3 is 1.20 bits per heavy atom. The van der Waals surface area contributed by atoms with Crippen LogP contribution in [0, 0.1) is 11.8 Å². The van der Waals surface area contributed by atoms with Crippen LogP contribution in [0.3, 0.4) is 0 Å². The molecule has 2 aromatic rings. The van der Waals surface area contributed by atoms with E-state index in [1.165, 1.54) is 103 Å². The number of aryl methyl sites for hydroxylation is 2. The SMILES string of the molecule is CCCCCCCCCC[n+]1cccc(C(=O)N2CCC(C3CCN(C(=O)c4ccc[n+](CCCCCCCCCC)c4)CC3)CC2)c1.[I-].[I-]. The first kappa shape index (κ1) is 44.9. The normalized spacial score (nSPS) is 15.4. The highest BCUT2D eigenvalue weighted by atomic mass is 127. The molecule has 0 spiro atoms. The molecule has 4 rings (SSSR count). The van der Waals surface area contributed by atoms with Gasteiger partial charge in [-0.15, -0.1) is 0 Å². The zero-order valence-electron chi connectivity index (χ0n) is 31.5. The van der Waals surface area contributed by atoms with Crippen molar-refractivity contribution in [2.45, 2.75) is 155 Å². The first-order valence-corrected chi connectivity index (χ1v) is 20.2. The third-order valence-electron chi connectivity index (χ3n) is 11.1. The predicted molar refractivity (Wildman–Crippen MR) is 196 cm³/mol. The monoisotopic (exact) mass is 914 g/mol. The molecule has 2 amide bonds. The van der Waals surface area contributed by atoms with Crippen molar-refractivity contribution in [3.05, 3.63) is 60.2 Å². The lowest BCUT2D eigenvalue weighted by molar-refractivity contribution is -0.697. The molecule has 2 aliphatic rings. The number of rotatable bonds is 21. The van der Waals surface area contributed by atoms with Gasteiger partial charge in [0.15, 0.2) is 24.8 Å². The number of unbranched alkanes of at least 4 members (excludes halogenated alkanes) is 14. The van der Waals surface area contributed by atoms with Gasteiger partial charge in [-0.2, -0.15) is 0 Å². The molecule has 0 saturated carbocycles. The predicted octanol–water partition coefficient (Wildman–Crippen LogP) is 2.96. The second-order valence-corrected chi connectivity index (χ2v) is 14.9. The zero-order valence-corrected chi connectivity index (χ0v) is 35.8. The number of piperidine rings is 2. The lowest BCUT2D eigenvalue weighted by Gasteiger charge is -2.40. The molecule has 50 heavy (non-hydrogen) atoms. The summed E-state index contributed by atoms with van der Waals surface area (Å²) in [5, 5.41) is 0. The topological polar surface area (TPSA) is 48.4 Å². The van der Waals surface area contributed by atoms with Gasteiger partial charge in [0, 0.05) is 51.2 Å². The van der Waals surface area contributed by atoms with E-state index in [-0.39, 0.29) is 59.8 Å². The number of aromatic nitrogens is 2. The van der Waals surface area contributed by atoms with Gasteiger partial charge < -0.3 is 57.8 Å². The van der Waals surface area contributed by atoms with Crippen LogP contribution < -0.4 is 57.1 Å². The van der Waals surface area contributed by atoms with Crippen LogP contribution in [0.2, 0.25) is 0 Å². The summed E-state index contributed by atoms with van der Waals surface area (Å²) in [6, 6.07) is 8.03. The van der Waals surface area contributed by atoms with Gasteiger partial charge in [-0.25, -0.2) is 9.13 Å². The van der Waals surface area contributed by atoms with Crippen LogP contribution in [0.4, 0.5) is 0 Å². The largest absolute Gasteiger partial charge is 1.00 e. The summed E-state index contributed by atoms with van der Waals surface area (Å²) < 4.78 is 4.41. The molecule has 2 saturated heterocycles. The van der Waals surface area contributed by atoms with Crippen molar-refractivity contribution < 1.29 is 66.7 Å². The van der Waals surface area contributed by atoms with Crippen molar-refractivity contribution in [1.29, 1.82) is 0 Å². The molecule has 2 fully saturated rings. The number of pyridine rings is 2. The fourth-order valence-corrected chi connectivity index (χ4v) is 7.94. The lowest BCUT2D eigenvalue weighted by atomic mass is 9.78. The Morgan fingerprint density at radius 2 is 0.860 bits per heavy atom. The van der Waals surface area contributed by atoms with E-state index in [1.54, 1.807) is 0 Å². The van der Waals surface area contributed by atoms with E-state index < -0.39 is 0 Å². The van der Waals surface area contributed by atoms with E-state index in [0.29, 0.717) is 11.8 Å². The fourth-order valence-electron chi connectivity index (χ4n) is 7.94. The van der Waals surface area contributed by atoms with Gasteiger partial charge in [0.1, 0.15) is 24.2 Å². The van der Waals surface area contributed by atoms with Crippen LogP contribution in [0.15, 0.2) is 49.1 Å². The smallest absolute Gasteiger partial charge is 0.259 e. The lowest BCUT2D eigenvalue weighted by Crippen LogP contribution is -3.00. The highest BCUT2D eigenvalue weighted by molar-refractivity contribution is 5.94. The van der Waals surface area contributed by atoms with Crippen molar-refractivity contribution in [2.75, 3.05) is 26.2 Å². The summed E-state index contributed by atoms with van der Waals surface area (Å²) in [7, 11) is 0. The highest BCUT2D eigenvalue weighted by Gasteiger charge is 2.33. The summed E-state index contributed by atoms with van der Waals surface area (Å²) in [4.78, 5) is 31.0. The quantitative estimate of drug-likeness (QED) is 0.110. The third-order valence-corrected chi connectivity index (χ3v) is 11.1. The number of hydrogen-bond acceptors (Lipinski definition) is 2. The average molecular weight is 915 g/mol. The van der Waals surface area contributed by atoms with Crippen LogP contribution >= 0.6 is 0 Å². The first-order chi connectivity index (χ1) is 23.6. The van der Waals surface area contributed by atoms with Gasteiger partial charge in [-0.3, -0.25) is 9.59 Å². The Labute approximate surface area is 339 Å². The Balaban J connectivity index is 0.00000433. The number of likely N-dealkylation sites (tertiary alicyclic amines) is 2. The summed E-state index contributed by atoms with van der Waals surface area (Å²) in [5.41, 5.74) is 1.64. The van der Waals surface area contributed by atoms with E-state index in [9.17, 15) is 9.59 Å². The Bertz CT molecular complexity index is 1120. The Morgan fingerprint density at radius 1 is 0.540 bits per heavy atom. The number of carbonyl (C=O) groups excluding carboxylic acids is 2. The fraction of sp³-hybridized carbons (Fsp3) is 0.714. The van der Waals surface area contributed by atoms with Gasteiger partial charge in [-0.1, -0.05) is 90.9 Å². The summed E-state index contributed by atoms with van der Waals surface area (Å²) >= 11 is 0. The average Bonchev–Trinajstić information content (AvgIpc) is 3.13. The minimum Gasteiger partial charge on any atom is -1.00 e. The van der Waals surface area contributed by atoms with E-state index in [2.05, 4.69) is 57.6 Å². The van der Waals surface area contributed by atoms with Crippen LogP contribution in [0.5, 0.6) is 0 Å². The van der Waals surface area contributed by atoms with Crippen molar-refractivity contribution in [2.24, 2.45) is 11.8 Å². The summed E-state index contributed by atoms with van der Waals surface area (Å²) in [6.07, 6.45) is 33.7. The Hall–Kier alpha value is -1.30. The molecule has 0 radical (unpaired) electrons. The zero-order chi connectivity index (χ0) is 33.8. The van der Waals surface area contributed by atoms with E-state index in [0.717, 1.165) is 76.1 Å². The van der Waals surface area contributed by atoms with Crippen LogP contribution in [0.25, 0.3) is 0 Å². The number of halogens is 2. The second kappa shape index (κ2) is 26.5. The molecule has 8 heteroatoms. The third kappa shape index (κ3) is 15.7. The molecule has 0 unspecified atom stereocenters. The maximum atomic E-state index is 13.4. The van der Waals surface area contributed by atoms with Crippen molar-refractivity contribution in [1.82, 2.24) is 9.80 Å². The molecular formula is C42H68I2N4O2. The van der Waals surface area contributed by atoms with E-state index in [1.807, 2.05) is 24.3 Å². The molecule has 2 aromatic heterocycles. The van der Waals surface area contributed by atoms with Crippen molar-refractivity contribution >= 4 is 11.8 Å². The van der Waals surface area contributed by atoms with E-state index in [4.69, 9.17) is 0 Å². The van der Waals surface area contributed by atoms with Gasteiger partial charge in [0.05, 0.1) is 0 Å². The first-order valence-electron chi connectivity index (χ1n) is 20.2.